The van der Waals surface area contributed by atoms with Crippen LogP contribution in [-0.4, -0.2) is 20.4 Å². The Kier molecular flexibility index (Phi) is 3.29. The summed E-state index contributed by atoms with van der Waals surface area (Å²) in [5.74, 6) is 0.508. The molecule has 2 N–H and O–H groups in total. The summed E-state index contributed by atoms with van der Waals surface area (Å²) in [5.41, 5.74) is 2.60. The highest BCUT2D eigenvalue weighted by atomic mass is 19.1. The summed E-state index contributed by atoms with van der Waals surface area (Å²) in [6.45, 7) is 0. The largest absolute Gasteiger partial charge is 0.359 e. The molecule has 1 aliphatic rings. The molecular formula is C17H16FN5. The van der Waals surface area contributed by atoms with E-state index in [4.69, 9.17) is 0 Å². The summed E-state index contributed by atoms with van der Waals surface area (Å²) in [6.07, 6.45) is 6.64. The molecule has 0 radical (unpaired) electrons. The van der Waals surface area contributed by atoms with Crippen molar-refractivity contribution in [2.24, 2.45) is 0 Å². The lowest BCUT2D eigenvalue weighted by molar-refractivity contribution is 0.283. The number of nitrogens with zero attached hydrogens (tertiary/aromatic N) is 3. The van der Waals surface area contributed by atoms with Crippen LogP contribution in [0.25, 0.3) is 11.3 Å². The zero-order chi connectivity index (χ0) is 15.7. The van der Waals surface area contributed by atoms with Gasteiger partial charge in [-0.25, -0.2) is 4.39 Å². The van der Waals surface area contributed by atoms with E-state index in [0.29, 0.717) is 0 Å². The number of H-pyrrole nitrogens is 1. The van der Waals surface area contributed by atoms with Crippen molar-refractivity contribution in [3.05, 3.63) is 60.2 Å². The van der Waals surface area contributed by atoms with Crippen molar-refractivity contribution in [2.45, 2.75) is 24.8 Å². The third-order valence-electron chi connectivity index (χ3n) is 4.43. The molecule has 0 spiro atoms. The second-order valence-electron chi connectivity index (χ2n) is 5.86. The van der Waals surface area contributed by atoms with Crippen molar-refractivity contribution < 1.29 is 4.39 Å². The molecule has 0 saturated heterocycles. The Bertz CT molecular complexity index is 777. The van der Waals surface area contributed by atoms with Crippen LogP contribution in [0.15, 0.2) is 48.8 Å². The fourth-order valence-corrected chi connectivity index (χ4v) is 2.97. The summed E-state index contributed by atoms with van der Waals surface area (Å²) in [6, 6.07) is 10.5. The Hall–Kier alpha value is -2.76. The van der Waals surface area contributed by atoms with Gasteiger partial charge in [0.25, 0.3) is 0 Å². The zero-order valence-corrected chi connectivity index (χ0v) is 12.5. The number of benzene rings is 1. The molecule has 4 rings (SSSR count). The predicted octanol–water partition coefficient (Wildman–Crippen LogP) is 3.50. The van der Waals surface area contributed by atoms with Gasteiger partial charge in [-0.3, -0.25) is 5.10 Å². The Balaban J connectivity index is 1.57. The Morgan fingerprint density at radius 1 is 1.04 bits per heavy atom. The second kappa shape index (κ2) is 5.46. The van der Waals surface area contributed by atoms with Crippen LogP contribution in [0.5, 0.6) is 0 Å². The van der Waals surface area contributed by atoms with E-state index in [1.165, 1.54) is 12.1 Å². The minimum Gasteiger partial charge on any atom is -0.359 e. The normalized spacial score (nSPS) is 15.9. The highest BCUT2D eigenvalue weighted by molar-refractivity contribution is 5.57. The smallest absolute Gasteiger partial charge is 0.149 e. The van der Waals surface area contributed by atoms with E-state index in [-0.39, 0.29) is 11.4 Å². The Labute approximate surface area is 133 Å². The first-order chi connectivity index (χ1) is 11.3. The van der Waals surface area contributed by atoms with Crippen LogP contribution in [0.2, 0.25) is 0 Å². The van der Waals surface area contributed by atoms with Gasteiger partial charge >= 0.3 is 0 Å². The number of hydrogen-bond donors (Lipinski definition) is 2. The highest BCUT2D eigenvalue weighted by Gasteiger charge is 2.39. The molecule has 1 saturated carbocycles. The van der Waals surface area contributed by atoms with Crippen molar-refractivity contribution in [3.8, 4) is 11.3 Å². The van der Waals surface area contributed by atoms with Gasteiger partial charge in [0, 0.05) is 11.8 Å². The van der Waals surface area contributed by atoms with Crippen LogP contribution in [0.3, 0.4) is 0 Å². The Morgan fingerprint density at radius 3 is 2.43 bits per heavy atom. The number of anilines is 1. The minimum absolute atomic E-state index is 0.167. The van der Waals surface area contributed by atoms with Crippen LogP contribution in [-0.2, 0) is 5.54 Å². The molecule has 0 aliphatic heterocycles. The highest BCUT2D eigenvalue weighted by Crippen LogP contribution is 2.43. The SMILES string of the molecule is Fc1ccc(C2(Nc3ccc(-c4cn[nH]c4)nn3)CCC2)cc1. The van der Waals surface area contributed by atoms with Crippen LogP contribution < -0.4 is 5.32 Å². The fraction of sp³-hybridized carbons (Fsp3) is 0.235. The van der Waals surface area contributed by atoms with Crippen molar-refractivity contribution in [3.63, 3.8) is 0 Å². The maximum atomic E-state index is 13.2. The molecule has 5 nitrogen and oxygen atoms in total. The molecule has 23 heavy (non-hydrogen) atoms. The second-order valence-corrected chi connectivity index (χ2v) is 5.86. The number of nitrogens with one attached hydrogen (secondary N) is 2. The molecule has 116 valence electrons. The van der Waals surface area contributed by atoms with E-state index in [0.717, 1.165) is 41.9 Å². The molecule has 1 aliphatic carbocycles. The zero-order valence-electron chi connectivity index (χ0n) is 12.5. The van der Waals surface area contributed by atoms with Crippen molar-refractivity contribution in [1.82, 2.24) is 20.4 Å². The molecule has 1 fully saturated rings. The van der Waals surface area contributed by atoms with Crippen molar-refractivity contribution in [1.29, 1.82) is 0 Å². The van der Waals surface area contributed by atoms with E-state index in [1.54, 1.807) is 12.4 Å². The monoisotopic (exact) mass is 309 g/mol. The number of hydrogen-bond acceptors (Lipinski definition) is 4. The van der Waals surface area contributed by atoms with Gasteiger partial charge in [0.2, 0.25) is 0 Å². The first kappa shape index (κ1) is 13.9. The summed E-state index contributed by atoms with van der Waals surface area (Å²) >= 11 is 0. The predicted molar refractivity (Wildman–Crippen MR) is 85.2 cm³/mol. The number of halogens is 1. The molecule has 6 heteroatoms. The first-order valence-corrected chi connectivity index (χ1v) is 7.62. The molecule has 0 amide bonds. The topological polar surface area (TPSA) is 66.5 Å². The number of aromatic amines is 1. The van der Waals surface area contributed by atoms with Gasteiger partial charge in [0.15, 0.2) is 0 Å². The standard InChI is InChI=1S/C17H16FN5/c18-14-4-2-13(3-5-14)17(8-1-9-17)21-16-7-6-15(22-23-16)12-10-19-20-11-12/h2-7,10-11H,1,8-9H2,(H,19,20)(H,21,23). The Morgan fingerprint density at radius 2 is 1.87 bits per heavy atom. The molecule has 0 bridgehead atoms. The summed E-state index contributed by atoms with van der Waals surface area (Å²) in [7, 11) is 0. The van der Waals surface area contributed by atoms with E-state index >= 15 is 0 Å². The average Bonchev–Trinajstić information content (AvgIpc) is 3.07. The number of rotatable bonds is 4. The lowest BCUT2D eigenvalue weighted by Gasteiger charge is -2.43. The van der Waals surface area contributed by atoms with Gasteiger partial charge in [-0.05, 0) is 49.1 Å². The van der Waals surface area contributed by atoms with Crippen LogP contribution >= 0.6 is 0 Å². The average molecular weight is 309 g/mol. The van der Waals surface area contributed by atoms with E-state index in [2.05, 4.69) is 25.7 Å². The van der Waals surface area contributed by atoms with Crippen molar-refractivity contribution in [2.75, 3.05) is 5.32 Å². The summed E-state index contributed by atoms with van der Waals surface area (Å²) in [5, 5.41) is 18.7. The van der Waals surface area contributed by atoms with Gasteiger partial charge in [0.05, 0.1) is 17.4 Å². The molecule has 3 aromatic rings. The molecule has 2 heterocycles. The van der Waals surface area contributed by atoms with Crippen LogP contribution in [0, 0.1) is 5.82 Å². The number of aromatic nitrogens is 4. The van der Waals surface area contributed by atoms with Gasteiger partial charge in [-0.15, -0.1) is 10.2 Å². The molecule has 2 aromatic heterocycles. The van der Waals surface area contributed by atoms with Crippen LogP contribution in [0.4, 0.5) is 10.2 Å². The summed E-state index contributed by atoms with van der Waals surface area (Å²) in [4.78, 5) is 0. The van der Waals surface area contributed by atoms with Gasteiger partial charge < -0.3 is 5.32 Å². The summed E-state index contributed by atoms with van der Waals surface area (Å²) < 4.78 is 13.2. The van der Waals surface area contributed by atoms with E-state index < -0.39 is 0 Å². The lowest BCUT2D eigenvalue weighted by atomic mass is 9.72. The van der Waals surface area contributed by atoms with Gasteiger partial charge in [0.1, 0.15) is 11.6 Å². The lowest BCUT2D eigenvalue weighted by Crippen LogP contribution is -2.42. The first-order valence-electron chi connectivity index (χ1n) is 7.62. The molecular weight excluding hydrogens is 293 g/mol. The van der Waals surface area contributed by atoms with Crippen molar-refractivity contribution >= 4 is 5.82 Å². The third-order valence-corrected chi connectivity index (χ3v) is 4.43. The van der Waals surface area contributed by atoms with Gasteiger partial charge in [-0.1, -0.05) is 12.1 Å². The molecule has 0 unspecified atom stereocenters. The maximum Gasteiger partial charge on any atom is 0.149 e. The van der Waals surface area contributed by atoms with Gasteiger partial charge in [-0.2, -0.15) is 5.10 Å². The molecule has 1 aromatic carbocycles. The third kappa shape index (κ3) is 2.56. The minimum atomic E-state index is -0.215. The molecule has 0 atom stereocenters. The van der Waals surface area contributed by atoms with E-state index in [9.17, 15) is 4.39 Å². The quantitative estimate of drug-likeness (QED) is 0.774. The fourth-order valence-electron chi connectivity index (χ4n) is 2.97. The van der Waals surface area contributed by atoms with Crippen LogP contribution in [0.1, 0.15) is 24.8 Å². The van der Waals surface area contributed by atoms with E-state index in [1.807, 2.05) is 24.3 Å². The maximum absolute atomic E-state index is 13.2.